The van der Waals surface area contributed by atoms with Crippen LogP contribution < -0.4 is 10.8 Å². The Morgan fingerprint density at radius 1 is 1.21 bits per heavy atom. The molecule has 132 valence electrons. The van der Waals surface area contributed by atoms with E-state index in [-0.39, 0.29) is 24.5 Å². The van der Waals surface area contributed by atoms with Crippen LogP contribution in [0.15, 0.2) is 24.3 Å². The normalized spacial score (nSPS) is 15.9. The van der Waals surface area contributed by atoms with E-state index in [4.69, 9.17) is 9.94 Å². The van der Waals surface area contributed by atoms with Crippen molar-refractivity contribution in [2.24, 2.45) is 0 Å². The van der Waals surface area contributed by atoms with Crippen LogP contribution in [0.3, 0.4) is 0 Å². The molecular formula is C18H26N2O4. The molecule has 1 amide bonds. The van der Waals surface area contributed by atoms with Gasteiger partial charge in [0.25, 0.3) is 0 Å². The first-order valence-electron chi connectivity index (χ1n) is 8.53. The van der Waals surface area contributed by atoms with Crippen molar-refractivity contribution in [3.63, 3.8) is 0 Å². The number of benzene rings is 1. The molecule has 1 atom stereocenters. The molecule has 1 aliphatic rings. The number of hydroxylamine groups is 1. The molecule has 3 N–H and O–H groups in total. The van der Waals surface area contributed by atoms with E-state index in [2.05, 4.69) is 5.32 Å². The number of hydrogen-bond donors (Lipinski definition) is 3. The van der Waals surface area contributed by atoms with Crippen LogP contribution in [0.5, 0.6) is 0 Å². The lowest BCUT2D eigenvalue weighted by Gasteiger charge is -2.17. The first kappa shape index (κ1) is 18.4. The number of rotatable bonds is 8. The SMILES string of the molecule is CC(NCc1ccc(CCC(=O)NO)cc1)C(=O)OC1CCCC1. The van der Waals surface area contributed by atoms with Crippen molar-refractivity contribution < 1.29 is 19.5 Å². The summed E-state index contributed by atoms with van der Waals surface area (Å²) in [6.07, 6.45) is 5.17. The van der Waals surface area contributed by atoms with Gasteiger partial charge in [-0.2, -0.15) is 0 Å². The minimum atomic E-state index is -0.393. The maximum absolute atomic E-state index is 12.0. The summed E-state index contributed by atoms with van der Waals surface area (Å²) < 4.78 is 5.49. The highest BCUT2D eigenvalue weighted by molar-refractivity contribution is 5.75. The largest absolute Gasteiger partial charge is 0.461 e. The summed E-state index contributed by atoms with van der Waals surface area (Å²) in [4.78, 5) is 23.0. The molecule has 0 bridgehead atoms. The van der Waals surface area contributed by atoms with Crippen LogP contribution in [-0.4, -0.2) is 29.2 Å². The molecule has 0 heterocycles. The van der Waals surface area contributed by atoms with Gasteiger partial charge in [0.1, 0.15) is 12.1 Å². The molecule has 24 heavy (non-hydrogen) atoms. The van der Waals surface area contributed by atoms with Gasteiger partial charge in [-0.15, -0.1) is 0 Å². The lowest BCUT2D eigenvalue weighted by atomic mass is 10.1. The molecule has 1 fully saturated rings. The van der Waals surface area contributed by atoms with Crippen molar-refractivity contribution in [2.45, 2.75) is 64.1 Å². The fraction of sp³-hybridized carbons (Fsp3) is 0.556. The van der Waals surface area contributed by atoms with Gasteiger partial charge in [-0.3, -0.25) is 14.8 Å². The van der Waals surface area contributed by atoms with Crippen molar-refractivity contribution in [3.8, 4) is 0 Å². The number of amides is 1. The van der Waals surface area contributed by atoms with Crippen LogP contribution in [0.1, 0.15) is 50.2 Å². The summed E-state index contributed by atoms with van der Waals surface area (Å²) in [5.41, 5.74) is 3.71. The van der Waals surface area contributed by atoms with Crippen molar-refractivity contribution in [3.05, 3.63) is 35.4 Å². The smallest absolute Gasteiger partial charge is 0.323 e. The number of aryl methyl sites for hydroxylation is 1. The summed E-state index contributed by atoms with van der Waals surface area (Å²) in [6.45, 7) is 2.40. The molecule has 6 nitrogen and oxygen atoms in total. The zero-order chi connectivity index (χ0) is 17.4. The third-order valence-electron chi connectivity index (χ3n) is 4.34. The lowest BCUT2D eigenvalue weighted by Crippen LogP contribution is -2.36. The Bertz CT molecular complexity index is 538. The zero-order valence-electron chi connectivity index (χ0n) is 14.1. The Morgan fingerprint density at radius 3 is 2.46 bits per heavy atom. The highest BCUT2D eigenvalue weighted by Gasteiger charge is 2.22. The van der Waals surface area contributed by atoms with Crippen LogP contribution in [0.4, 0.5) is 0 Å². The Hall–Kier alpha value is -1.92. The molecule has 0 radical (unpaired) electrons. The van der Waals surface area contributed by atoms with E-state index in [9.17, 15) is 9.59 Å². The molecular weight excluding hydrogens is 308 g/mol. The predicted molar refractivity (Wildman–Crippen MR) is 89.3 cm³/mol. The predicted octanol–water partition coefficient (Wildman–Crippen LogP) is 2.09. The monoisotopic (exact) mass is 334 g/mol. The molecule has 1 aromatic carbocycles. The van der Waals surface area contributed by atoms with E-state index >= 15 is 0 Å². The third-order valence-corrected chi connectivity index (χ3v) is 4.34. The molecule has 1 saturated carbocycles. The number of esters is 1. The minimum Gasteiger partial charge on any atom is -0.461 e. The topological polar surface area (TPSA) is 87.7 Å². The van der Waals surface area contributed by atoms with Crippen LogP contribution in [0.2, 0.25) is 0 Å². The second-order valence-electron chi connectivity index (χ2n) is 6.30. The average molecular weight is 334 g/mol. The van der Waals surface area contributed by atoms with Crippen molar-refractivity contribution >= 4 is 11.9 Å². The molecule has 6 heteroatoms. The van der Waals surface area contributed by atoms with Gasteiger partial charge in [0.15, 0.2) is 0 Å². The average Bonchev–Trinajstić information content (AvgIpc) is 3.11. The van der Waals surface area contributed by atoms with Crippen LogP contribution in [0, 0.1) is 0 Å². The van der Waals surface area contributed by atoms with E-state index in [1.165, 1.54) is 0 Å². The van der Waals surface area contributed by atoms with Crippen molar-refractivity contribution in [1.29, 1.82) is 0 Å². The molecule has 1 aromatic rings. The van der Waals surface area contributed by atoms with Crippen molar-refractivity contribution in [2.75, 3.05) is 0 Å². The molecule has 1 aliphatic carbocycles. The summed E-state index contributed by atoms with van der Waals surface area (Å²) in [6, 6.07) is 7.49. The summed E-state index contributed by atoms with van der Waals surface area (Å²) in [7, 11) is 0. The summed E-state index contributed by atoms with van der Waals surface area (Å²) in [5, 5.41) is 11.6. The van der Waals surface area contributed by atoms with Crippen LogP contribution in [0.25, 0.3) is 0 Å². The number of carbonyl (C=O) groups is 2. The van der Waals surface area contributed by atoms with E-state index in [0.717, 1.165) is 36.8 Å². The highest BCUT2D eigenvalue weighted by atomic mass is 16.5. The number of carbonyl (C=O) groups excluding carboxylic acids is 2. The maximum atomic E-state index is 12.0. The number of hydrogen-bond acceptors (Lipinski definition) is 5. The van der Waals surface area contributed by atoms with Gasteiger partial charge < -0.3 is 10.1 Å². The first-order valence-corrected chi connectivity index (χ1v) is 8.53. The Kier molecular flexibility index (Phi) is 7.21. The van der Waals surface area contributed by atoms with E-state index in [1.54, 1.807) is 5.48 Å². The van der Waals surface area contributed by atoms with E-state index < -0.39 is 5.91 Å². The fourth-order valence-electron chi connectivity index (χ4n) is 2.76. The fourth-order valence-corrected chi connectivity index (χ4v) is 2.76. The maximum Gasteiger partial charge on any atom is 0.323 e. The number of nitrogens with one attached hydrogen (secondary N) is 2. The van der Waals surface area contributed by atoms with Gasteiger partial charge in [0.05, 0.1) is 0 Å². The van der Waals surface area contributed by atoms with Crippen LogP contribution >= 0.6 is 0 Å². The molecule has 1 unspecified atom stereocenters. The molecule has 0 aromatic heterocycles. The van der Waals surface area contributed by atoms with Gasteiger partial charge >= 0.3 is 5.97 Å². The third kappa shape index (κ3) is 5.94. The van der Waals surface area contributed by atoms with Gasteiger partial charge in [-0.1, -0.05) is 24.3 Å². The Morgan fingerprint density at radius 2 is 1.83 bits per heavy atom. The van der Waals surface area contributed by atoms with Gasteiger partial charge in [0.2, 0.25) is 5.91 Å². The standard InChI is InChI=1S/C18H26N2O4/c1-13(18(22)24-16-4-2-3-5-16)19-12-15-8-6-14(7-9-15)10-11-17(21)20-23/h6-9,13,16,19,23H,2-5,10-12H2,1H3,(H,20,21). The Labute approximate surface area is 142 Å². The lowest BCUT2D eigenvalue weighted by molar-refractivity contribution is -0.150. The van der Waals surface area contributed by atoms with Crippen molar-refractivity contribution in [1.82, 2.24) is 10.8 Å². The van der Waals surface area contributed by atoms with E-state index in [1.807, 2.05) is 31.2 Å². The number of ether oxygens (including phenoxy) is 1. The quantitative estimate of drug-likeness (QED) is 0.385. The molecule has 0 saturated heterocycles. The summed E-state index contributed by atoms with van der Waals surface area (Å²) >= 11 is 0. The van der Waals surface area contributed by atoms with Gasteiger partial charge in [-0.05, 0) is 50.2 Å². The zero-order valence-corrected chi connectivity index (χ0v) is 14.1. The molecule has 2 rings (SSSR count). The minimum absolute atomic E-state index is 0.0946. The second-order valence-corrected chi connectivity index (χ2v) is 6.30. The highest BCUT2D eigenvalue weighted by Crippen LogP contribution is 2.21. The van der Waals surface area contributed by atoms with Crippen LogP contribution in [-0.2, 0) is 27.3 Å². The molecule has 0 aliphatic heterocycles. The second kappa shape index (κ2) is 9.39. The van der Waals surface area contributed by atoms with Gasteiger partial charge in [0, 0.05) is 13.0 Å². The van der Waals surface area contributed by atoms with E-state index in [0.29, 0.717) is 13.0 Å². The molecule has 0 spiro atoms. The summed E-state index contributed by atoms with van der Waals surface area (Å²) in [5.74, 6) is -0.580. The Balaban J connectivity index is 1.72. The van der Waals surface area contributed by atoms with Gasteiger partial charge in [-0.25, -0.2) is 5.48 Å². The first-order chi connectivity index (χ1) is 11.6.